The maximum atomic E-state index is 12.6. The summed E-state index contributed by atoms with van der Waals surface area (Å²) >= 11 is 0. The van der Waals surface area contributed by atoms with Gasteiger partial charge in [-0.1, -0.05) is 55.4 Å². The van der Waals surface area contributed by atoms with Crippen molar-refractivity contribution in [3.05, 3.63) is 79.5 Å². The van der Waals surface area contributed by atoms with Crippen LogP contribution < -0.4 is 5.32 Å². The van der Waals surface area contributed by atoms with E-state index in [0.29, 0.717) is 24.1 Å². The minimum atomic E-state index is -0.542. The predicted octanol–water partition coefficient (Wildman–Crippen LogP) is 8.12. The van der Waals surface area contributed by atoms with E-state index in [9.17, 15) is 9.59 Å². The van der Waals surface area contributed by atoms with Gasteiger partial charge < -0.3 is 5.32 Å². The smallest absolute Gasteiger partial charge is 0.318 e. The van der Waals surface area contributed by atoms with Crippen LogP contribution in [0.4, 0.5) is 0 Å². The third-order valence-electron chi connectivity index (χ3n) is 8.48. The van der Waals surface area contributed by atoms with E-state index in [4.69, 9.17) is 9.98 Å². The number of hydrogen-bond acceptors (Lipinski definition) is 5. The first-order valence-electron chi connectivity index (χ1n) is 15.5. The molecule has 0 saturated heterocycles. The van der Waals surface area contributed by atoms with E-state index < -0.39 is 11.7 Å². The molecule has 0 radical (unpaired) electrons. The van der Waals surface area contributed by atoms with Crippen LogP contribution in [-0.4, -0.2) is 29.3 Å². The number of amides is 1. The summed E-state index contributed by atoms with van der Waals surface area (Å²) < 4.78 is 0. The van der Waals surface area contributed by atoms with Crippen molar-refractivity contribution < 1.29 is 26.7 Å². The number of aliphatic imine (C=N–C) groups is 3. The molecule has 0 atom stereocenters. The van der Waals surface area contributed by atoms with Gasteiger partial charge >= 0.3 is 17.1 Å². The summed E-state index contributed by atoms with van der Waals surface area (Å²) in [7, 11) is 0. The molecule has 0 saturated carbocycles. The van der Waals surface area contributed by atoms with Crippen LogP contribution in [0, 0.1) is 0 Å². The van der Waals surface area contributed by atoms with Crippen LogP contribution >= 0.6 is 0 Å². The molecule has 4 aliphatic heterocycles. The van der Waals surface area contributed by atoms with Crippen LogP contribution in [0.25, 0.3) is 0 Å². The Morgan fingerprint density at radius 1 is 0.643 bits per heavy atom. The molecule has 42 heavy (non-hydrogen) atoms. The zero-order chi connectivity index (χ0) is 29.8. The second-order valence-corrected chi connectivity index (χ2v) is 10.5. The summed E-state index contributed by atoms with van der Waals surface area (Å²) in [5, 5.41) is 2.88. The Hall–Kier alpha value is -3.15. The van der Waals surface area contributed by atoms with Gasteiger partial charge in [0.15, 0.2) is 0 Å². The molecule has 7 heteroatoms. The van der Waals surface area contributed by atoms with Crippen molar-refractivity contribution in [3.8, 4) is 0 Å². The van der Waals surface area contributed by atoms with Gasteiger partial charge in [-0.05, 0) is 85.8 Å². The zero-order valence-electron chi connectivity index (χ0n) is 26.4. The Morgan fingerprint density at radius 3 is 1.55 bits per heavy atom. The summed E-state index contributed by atoms with van der Waals surface area (Å²) in [5.41, 5.74) is 14.6. The maximum absolute atomic E-state index is 12.6. The molecule has 220 valence electrons. The number of carbonyl (C=O) groups is 2. The molecule has 6 nitrogen and oxygen atoms in total. The fraction of sp³-hybridized carbons (Fsp3) is 0.457. The van der Waals surface area contributed by atoms with E-state index in [1.165, 1.54) is 27.9 Å². The van der Waals surface area contributed by atoms with Crippen LogP contribution in [0.2, 0.25) is 0 Å². The Morgan fingerprint density at radius 2 is 1.12 bits per heavy atom. The molecule has 0 aromatic carbocycles. The number of hydrogen-bond donors (Lipinski definition) is 1. The Balaban J connectivity index is 0.00000484. The zero-order valence-corrected chi connectivity index (χ0v) is 27.6. The average Bonchev–Trinajstić information content (AvgIpc) is 3.76. The molecular formula is C35H44MnN4O2+3. The first-order valence-corrected chi connectivity index (χ1v) is 15.5. The van der Waals surface area contributed by atoms with Crippen LogP contribution in [0.15, 0.2) is 94.5 Å². The van der Waals surface area contributed by atoms with Crippen molar-refractivity contribution in [1.29, 1.82) is 0 Å². The number of nitrogens with one attached hydrogen (secondary N) is 1. The van der Waals surface area contributed by atoms with E-state index in [-0.39, 0.29) is 17.1 Å². The van der Waals surface area contributed by atoms with Gasteiger partial charge in [0.25, 0.3) is 5.91 Å². The van der Waals surface area contributed by atoms with Gasteiger partial charge in [-0.15, -0.1) is 0 Å². The van der Waals surface area contributed by atoms with Gasteiger partial charge in [0, 0.05) is 28.5 Å². The molecule has 0 unspecified atom stereocenters. The second-order valence-electron chi connectivity index (χ2n) is 10.5. The van der Waals surface area contributed by atoms with Gasteiger partial charge in [-0.25, -0.2) is 9.98 Å². The van der Waals surface area contributed by atoms with Gasteiger partial charge in [-0.2, -0.15) is 0 Å². The molecular weight excluding hydrogens is 563 g/mol. The third kappa shape index (κ3) is 5.61. The van der Waals surface area contributed by atoms with E-state index in [2.05, 4.69) is 64.9 Å². The summed E-state index contributed by atoms with van der Waals surface area (Å²) in [4.78, 5) is 40.3. The first kappa shape index (κ1) is 33.4. The van der Waals surface area contributed by atoms with Crippen molar-refractivity contribution in [2.45, 2.75) is 107 Å². The average molecular weight is 608 g/mol. The predicted molar refractivity (Wildman–Crippen MR) is 170 cm³/mol. The van der Waals surface area contributed by atoms with Gasteiger partial charge in [0.2, 0.25) is 5.78 Å². The number of Topliss-reactive ketones (excluding diaryl/α,β-unsaturated/α-hetero) is 1. The fourth-order valence-corrected chi connectivity index (χ4v) is 6.54. The van der Waals surface area contributed by atoms with Crippen LogP contribution in [0.1, 0.15) is 107 Å². The monoisotopic (exact) mass is 607 g/mol. The molecule has 0 aromatic heterocycles. The summed E-state index contributed by atoms with van der Waals surface area (Å²) in [6.45, 7) is 17.1. The molecule has 1 amide bonds. The molecule has 0 aliphatic carbocycles. The summed E-state index contributed by atoms with van der Waals surface area (Å²) in [5.74, 6) is -0.968. The van der Waals surface area contributed by atoms with Gasteiger partial charge in [0.05, 0.1) is 34.2 Å². The molecule has 4 rings (SSSR count). The Labute approximate surface area is 261 Å². The minimum absolute atomic E-state index is 0. The first-order chi connectivity index (χ1) is 19.8. The van der Waals surface area contributed by atoms with Crippen LogP contribution in [0.5, 0.6) is 0 Å². The minimum Gasteiger partial charge on any atom is -0.318 e. The number of allylic oxidation sites excluding steroid dienone is 9. The van der Waals surface area contributed by atoms with Crippen molar-refractivity contribution in [1.82, 2.24) is 5.32 Å². The van der Waals surface area contributed by atoms with Gasteiger partial charge in [-0.3, -0.25) is 14.6 Å². The molecule has 0 aromatic rings. The molecule has 0 bridgehead atoms. The van der Waals surface area contributed by atoms with Crippen molar-refractivity contribution in [3.63, 3.8) is 0 Å². The van der Waals surface area contributed by atoms with Crippen LogP contribution in [0.3, 0.4) is 0 Å². The van der Waals surface area contributed by atoms with E-state index >= 15 is 0 Å². The number of nitrogens with zero attached hydrogens (tertiary/aromatic N) is 3. The summed E-state index contributed by atoms with van der Waals surface area (Å²) in [6, 6.07) is 0. The Kier molecular flexibility index (Phi) is 11.4. The molecule has 1 N–H and O–H groups in total. The van der Waals surface area contributed by atoms with E-state index in [1.54, 1.807) is 0 Å². The van der Waals surface area contributed by atoms with Crippen molar-refractivity contribution in [2.75, 3.05) is 0 Å². The molecule has 0 fully saturated rings. The standard InChI is InChI=1S/C35H44N4O2.Mn/c1-9-20-21(10-2)30(37-29(20)24(13-5)28-18-17-19-36-28)25(14-6)31-22(11-3)23(12-4)32(38-31)26(15-7)33-27(16-8)34(40)35(41)39-33;/h17-19H,9-16H2,1-8H3,(H,39,40,41);/q;+3. The quantitative estimate of drug-likeness (QED) is 0.190. The SMILES string of the molecule is CCC(C1=NC(=C(CC)C2=NC(=C(CC)C3=C(CC)C(=O)C(=O)N3)C(CC)=C2CC)C(CC)=C1CC)=C1C=CC=N1.[Mn+3]. The number of ketones is 1. The molecule has 4 heterocycles. The topological polar surface area (TPSA) is 83.2 Å². The van der Waals surface area contributed by atoms with E-state index in [1.807, 2.05) is 19.2 Å². The third-order valence-corrected chi connectivity index (χ3v) is 8.48. The second kappa shape index (κ2) is 14.3. The molecule has 4 aliphatic rings. The van der Waals surface area contributed by atoms with Crippen molar-refractivity contribution in [2.24, 2.45) is 15.0 Å². The summed E-state index contributed by atoms with van der Waals surface area (Å²) in [6.07, 6.45) is 12.2. The van der Waals surface area contributed by atoms with Gasteiger partial charge in [0.1, 0.15) is 0 Å². The van der Waals surface area contributed by atoms with Crippen molar-refractivity contribution >= 4 is 29.3 Å². The Bertz CT molecular complexity index is 1490. The number of rotatable bonds is 11. The maximum Gasteiger partial charge on any atom is 3.00 e. The molecule has 0 spiro atoms. The van der Waals surface area contributed by atoms with E-state index in [0.717, 1.165) is 78.2 Å². The fourth-order valence-electron chi connectivity index (χ4n) is 6.54. The normalized spacial score (nSPS) is 21.9. The van der Waals surface area contributed by atoms with Crippen LogP contribution in [-0.2, 0) is 26.7 Å². The number of carbonyl (C=O) groups excluding carboxylic acids is 2. The largest absolute Gasteiger partial charge is 3.00 e.